The number of halogens is 1. The van der Waals surface area contributed by atoms with Gasteiger partial charge < -0.3 is 10.1 Å². The summed E-state index contributed by atoms with van der Waals surface area (Å²) in [7, 11) is -3.62. The smallest absolute Gasteiger partial charge is 0.262 e. The van der Waals surface area contributed by atoms with Crippen LogP contribution < -0.4 is 14.8 Å². The molecule has 0 saturated heterocycles. The highest BCUT2D eigenvalue weighted by molar-refractivity contribution is 7.89. The van der Waals surface area contributed by atoms with Crippen molar-refractivity contribution in [2.45, 2.75) is 39.0 Å². The third-order valence-corrected chi connectivity index (χ3v) is 5.81. The number of amides is 1. The van der Waals surface area contributed by atoms with Gasteiger partial charge in [0.05, 0.1) is 9.92 Å². The summed E-state index contributed by atoms with van der Waals surface area (Å²) >= 11 is 6.13. The summed E-state index contributed by atoms with van der Waals surface area (Å²) in [4.78, 5) is 12.3. The molecule has 0 atom stereocenters. The summed E-state index contributed by atoms with van der Waals surface area (Å²) in [6.07, 6.45) is 0.684. The summed E-state index contributed by atoms with van der Waals surface area (Å²) < 4.78 is 32.2. The van der Waals surface area contributed by atoms with Crippen LogP contribution in [0.25, 0.3) is 0 Å². The van der Waals surface area contributed by atoms with E-state index in [1.165, 1.54) is 18.2 Å². The van der Waals surface area contributed by atoms with E-state index < -0.39 is 10.0 Å². The molecule has 2 rings (SSSR count). The first-order valence-corrected chi connectivity index (χ1v) is 10.8. The molecule has 8 heteroatoms. The van der Waals surface area contributed by atoms with Gasteiger partial charge in [0.15, 0.2) is 6.61 Å². The zero-order valence-corrected chi connectivity index (χ0v) is 18.0. The van der Waals surface area contributed by atoms with Gasteiger partial charge in [0, 0.05) is 12.2 Å². The van der Waals surface area contributed by atoms with Crippen molar-refractivity contribution in [3.8, 4) is 5.75 Å². The second-order valence-corrected chi connectivity index (χ2v) is 8.77. The minimum Gasteiger partial charge on any atom is -0.482 e. The van der Waals surface area contributed by atoms with E-state index in [1.54, 1.807) is 0 Å². The number of carbonyl (C=O) groups is 1. The lowest BCUT2D eigenvalue weighted by Gasteiger charge is -2.14. The number of anilines is 1. The molecule has 0 saturated carbocycles. The maximum atomic E-state index is 12.2. The topological polar surface area (TPSA) is 84.5 Å². The lowest BCUT2D eigenvalue weighted by Crippen LogP contribution is -2.24. The molecule has 1 amide bonds. The molecule has 0 spiro atoms. The highest BCUT2D eigenvalue weighted by atomic mass is 35.5. The number of nitrogens with one attached hydrogen (secondary N) is 2. The molecule has 2 aromatic carbocycles. The van der Waals surface area contributed by atoms with Crippen LogP contribution in [0.15, 0.2) is 35.2 Å². The number of ether oxygens (including phenoxy) is 1. The fourth-order valence-electron chi connectivity index (χ4n) is 2.78. The van der Waals surface area contributed by atoms with Crippen LogP contribution in [0.2, 0.25) is 5.02 Å². The summed E-state index contributed by atoms with van der Waals surface area (Å²) in [5, 5.41) is 2.96. The van der Waals surface area contributed by atoms with Crippen LogP contribution in [-0.2, 0) is 14.8 Å². The standard InChI is InChI=1S/C20H25ClN2O4S/c1-5-8-22-28(25,26)16-6-7-18(17(21)11-16)27-12-19(24)23-20-14(3)9-13(2)10-15(20)4/h6-7,9-11,22H,5,8,12H2,1-4H3,(H,23,24). The van der Waals surface area contributed by atoms with Crippen LogP contribution in [0.4, 0.5) is 5.69 Å². The first-order chi connectivity index (χ1) is 13.1. The fraction of sp³-hybridized carbons (Fsp3) is 0.350. The van der Waals surface area contributed by atoms with Crippen molar-refractivity contribution in [1.82, 2.24) is 4.72 Å². The Balaban J connectivity index is 2.04. The van der Waals surface area contributed by atoms with E-state index in [4.69, 9.17) is 16.3 Å². The highest BCUT2D eigenvalue weighted by Gasteiger charge is 2.16. The van der Waals surface area contributed by atoms with Crippen LogP contribution in [0.1, 0.15) is 30.0 Å². The van der Waals surface area contributed by atoms with E-state index in [9.17, 15) is 13.2 Å². The second kappa shape index (κ2) is 9.41. The first kappa shape index (κ1) is 22.2. The Morgan fingerprint density at radius 2 is 1.75 bits per heavy atom. The summed E-state index contributed by atoms with van der Waals surface area (Å²) in [6, 6.07) is 8.13. The Hall–Kier alpha value is -2.09. The third-order valence-electron chi connectivity index (χ3n) is 4.06. The van der Waals surface area contributed by atoms with Crippen molar-refractivity contribution in [3.05, 3.63) is 52.0 Å². The Bertz CT molecular complexity index is 951. The maximum Gasteiger partial charge on any atom is 0.262 e. The molecule has 0 bridgehead atoms. The number of sulfonamides is 1. The molecule has 2 N–H and O–H groups in total. The summed E-state index contributed by atoms with van der Waals surface area (Å²) in [5.74, 6) is -0.0870. The molecule has 0 aliphatic rings. The van der Waals surface area contributed by atoms with Crippen molar-refractivity contribution in [2.75, 3.05) is 18.5 Å². The monoisotopic (exact) mass is 424 g/mol. The van der Waals surface area contributed by atoms with Gasteiger partial charge in [0.25, 0.3) is 5.91 Å². The molecule has 0 aliphatic carbocycles. The summed E-state index contributed by atoms with van der Waals surface area (Å²) in [5.41, 5.74) is 3.82. The number of hydrogen-bond acceptors (Lipinski definition) is 4. The van der Waals surface area contributed by atoms with Gasteiger partial charge in [-0.15, -0.1) is 0 Å². The van der Waals surface area contributed by atoms with Crippen molar-refractivity contribution >= 4 is 33.2 Å². The van der Waals surface area contributed by atoms with Gasteiger partial charge in [-0.2, -0.15) is 0 Å². The van der Waals surface area contributed by atoms with Crippen molar-refractivity contribution in [2.24, 2.45) is 0 Å². The van der Waals surface area contributed by atoms with Gasteiger partial charge in [-0.1, -0.05) is 36.2 Å². The van der Waals surface area contributed by atoms with Gasteiger partial charge in [0.1, 0.15) is 5.75 Å². The lowest BCUT2D eigenvalue weighted by molar-refractivity contribution is -0.118. The number of aryl methyl sites for hydroxylation is 3. The van der Waals surface area contributed by atoms with Gasteiger partial charge in [-0.3, -0.25) is 4.79 Å². The highest BCUT2D eigenvalue weighted by Crippen LogP contribution is 2.27. The molecule has 0 unspecified atom stereocenters. The van der Waals surface area contributed by atoms with Crippen molar-refractivity contribution < 1.29 is 17.9 Å². The van der Waals surface area contributed by atoms with E-state index in [-0.39, 0.29) is 28.2 Å². The second-order valence-electron chi connectivity index (χ2n) is 6.60. The van der Waals surface area contributed by atoms with Crippen LogP contribution in [0, 0.1) is 20.8 Å². The Morgan fingerprint density at radius 3 is 2.32 bits per heavy atom. The first-order valence-electron chi connectivity index (χ1n) is 8.93. The SMILES string of the molecule is CCCNS(=O)(=O)c1ccc(OCC(=O)Nc2c(C)cc(C)cc2C)c(Cl)c1. The van der Waals surface area contributed by atoms with E-state index in [1.807, 2.05) is 39.8 Å². The molecule has 0 fully saturated rings. The summed E-state index contributed by atoms with van der Waals surface area (Å²) in [6.45, 7) is 7.83. The van der Waals surface area contributed by atoms with E-state index in [0.29, 0.717) is 13.0 Å². The Morgan fingerprint density at radius 1 is 1.11 bits per heavy atom. The predicted octanol–water partition coefficient (Wildman–Crippen LogP) is 3.97. The quantitative estimate of drug-likeness (QED) is 0.671. The van der Waals surface area contributed by atoms with Crippen LogP contribution in [0.3, 0.4) is 0 Å². The molecule has 0 heterocycles. The molecule has 0 radical (unpaired) electrons. The Labute approximate surface area is 171 Å². The molecule has 0 aromatic heterocycles. The molecule has 2 aromatic rings. The number of rotatable bonds is 8. The van der Waals surface area contributed by atoms with Crippen LogP contribution in [-0.4, -0.2) is 27.5 Å². The minimum atomic E-state index is -3.62. The maximum absolute atomic E-state index is 12.2. The molecular formula is C20H25ClN2O4S. The normalized spacial score (nSPS) is 11.3. The number of hydrogen-bond donors (Lipinski definition) is 2. The van der Waals surface area contributed by atoms with E-state index in [0.717, 1.165) is 22.4 Å². The lowest BCUT2D eigenvalue weighted by atomic mass is 10.1. The van der Waals surface area contributed by atoms with Gasteiger partial charge in [-0.25, -0.2) is 13.1 Å². The van der Waals surface area contributed by atoms with Gasteiger partial charge in [-0.05, 0) is 56.5 Å². The number of carbonyl (C=O) groups excluding carboxylic acids is 1. The molecule has 28 heavy (non-hydrogen) atoms. The van der Waals surface area contributed by atoms with E-state index in [2.05, 4.69) is 10.0 Å². The number of benzene rings is 2. The third kappa shape index (κ3) is 5.70. The molecule has 152 valence electrons. The van der Waals surface area contributed by atoms with Crippen LogP contribution in [0.5, 0.6) is 5.75 Å². The minimum absolute atomic E-state index is 0.0497. The predicted molar refractivity (Wildman–Crippen MR) is 112 cm³/mol. The fourth-order valence-corrected chi connectivity index (χ4v) is 4.24. The largest absolute Gasteiger partial charge is 0.482 e. The molecular weight excluding hydrogens is 400 g/mol. The van der Waals surface area contributed by atoms with Gasteiger partial charge >= 0.3 is 0 Å². The van der Waals surface area contributed by atoms with Crippen LogP contribution >= 0.6 is 11.6 Å². The zero-order valence-electron chi connectivity index (χ0n) is 16.4. The van der Waals surface area contributed by atoms with Gasteiger partial charge in [0.2, 0.25) is 10.0 Å². The molecule has 0 aliphatic heterocycles. The Kier molecular flexibility index (Phi) is 7.46. The van der Waals surface area contributed by atoms with E-state index >= 15 is 0 Å². The zero-order chi connectivity index (χ0) is 20.9. The average Bonchev–Trinajstić information content (AvgIpc) is 2.62. The molecule has 6 nitrogen and oxygen atoms in total. The van der Waals surface area contributed by atoms with Crippen molar-refractivity contribution in [3.63, 3.8) is 0 Å². The van der Waals surface area contributed by atoms with Crippen molar-refractivity contribution in [1.29, 1.82) is 0 Å². The average molecular weight is 425 g/mol.